The number of imide groups is 1. The minimum atomic E-state index is -0.899. The van der Waals surface area contributed by atoms with Crippen LogP contribution in [0.5, 0.6) is 5.75 Å². The van der Waals surface area contributed by atoms with Crippen LogP contribution < -0.4 is 4.74 Å². The second-order valence-electron chi connectivity index (χ2n) is 6.37. The van der Waals surface area contributed by atoms with Crippen LogP contribution in [-0.2, 0) is 4.79 Å². The van der Waals surface area contributed by atoms with E-state index in [1.807, 2.05) is 32.0 Å². The van der Waals surface area contributed by atoms with Crippen LogP contribution in [0.15, 0.2) is 18.2 Å². The van der Waals surface area contributed by atoms with E-state index in [0.29, 0.717) is 12.3 Å². The highest BCUT2D eigenvalue weighted by Gasteiger charge is 2.47. The fourth-order valence-corrected chi connectivity index (χ4v) is 3.32. The smallest absolute Gasteiger partial charge is 0.327 e. The highest BCUT2D eigenvalue weighted by molar-refractivity contribution is 6.04. The molecule has 0 aliphatic carbocycles. The van der Waals surface area contributed by atoms with Crippen molar-refractivity contribution >= 4 is 11.9 Å². The number of hydrogen-bond acceptors (Lipinski definition) is 4. The molecule has 2 fully saturated rings. The first-order chi connectivity index (χ1) is 11.0. The summed E-state index contributed by atoms with van der Waals surface area (Å²) >= 11 is 0. The van der Waals surface area contributed by atoms with Crippen molar-refractivity contribution < 1.29 is 19.4 Å². The number of carbonyl (C=O) groups excluding carboxylic acids is 2. The molecule has 1 aromatic rings. The normalized spacial score (nSPS) is 21.8. The van der Waals surface area contributed by atoms with E-state index in [1.165, 1.54) is 0 Å². The summed E-state index contributed by atoms with van der Waals surface area (Å²) in [7, 11) is 0. The summed E-state index contributed by atoms with van der Waals surface area (Å²) in [6, 6.07) is 5.21. The van der Waals surface area contributed by atoms with Crippen LogP contribution in [0.1, 0.15) is 24.0 Å². The summed E-state index contributed by atoms with van der Waals surface area (Å²) in [4.78, 5) is 27.1. The topological polar surface area (TPSA) is 70.1 Å². The van der Waals surface area contributed by atoms with Crippen LogP contribution in [0, 0.1) is 13.8 Å². The molecule has 0 bridgehead atoms. The molecule has 2 unspecified atom stereocenters. The first-order valence-corrected chi connectivity index (χ1v) is 7.97. The van der Waals surface area contributed by atoms with Crippen molar-refractivity contribution in [1.29, 1.82) is 0 Å². The summed E-state index contributed by atoms with van der Waals surface area (Å²) in [5, 5.41) is 10.1. The number of aliphatic hydroxyl groups is 1. The van der Waals surface area contributed by atoms with E-state index in [1.54, 1.807) is 4.90 Å². The number of amides is 3. The van der Waals surface area contributed by atoms with Crippen molar-refractivity contribution in [1.82, 2.24) is 9.80 Å². The van der Waals surface area contributed by atoms with Gasteiger partial charge in [0.1, 0.15) is 24.5 Å². The third kappa shape index (κ3) is 3.17. The Hall–Kier alpha value is -2.08. The summed E-state index contributed by atoms with van der Waals surface area (Å²) in [5.74, 6) is 0.485. The van der Waals surface area contributed by atoms with Gasteiger partial charge in [0.25, 0.3) is 5.91 Å². The van der Waals surface area contributed by atoms with E-state index in [0.717, 1.165) is 28.9 Å². The fraction of sp³-hybridized carbons (Fsp3) is 0.529. The molecule has 2 saturated heterocycles. The number of carbonyl (C=O) groups is 2. The number of aryl methyl sites for hydroxylation is 2. The van der Waals surface area contributed by atoms with Crippen molar-refractivity contribution in [3.8, 4) is 5.75 Å². The molecule has 0 spiro atoms. The predicted molar refractivity (Wildman–Crippen MR) is 84.3 cm³/mol. The summed E-state index contributed by atoms with van der Waals surface area (Å²) in [6.07, 6.45) is 0.689. The van der Waals surface area contributed by atoms with E-state index in [9.17, 15) is 14.7 Å². The molecule has 6 nitrogen and oxygen atoms in total. The average Bonchev–Trinajstić information content (AvgIpc) is 3.04. The Morgan fingerprint density at radius 3 is 2.61 bits per heavy atom. The van der Waals surface area contributed by atoms with Gasteiger partial charge >= 0.3 is 6.03 Å². The molecule has 2 aliphatic rings. The van der Waals surface area contributed by atoms with Gasteiger partial charge in [-0.15, -0.1) is 0 Å². The number of urea groups is 1. The zero-order chi connectivity index (χ0) is 16.6. The molecule has 1 aromatic carbocycles. The van der Waals surface area contributed by atoms with E-state index >= 15 is 0 Å². The van der Waals surface area contributed by atoms with Crippen LogP contribution >= 0.6 is 0 Å². The molecule has 2 heterocycles. The number of hydrogen-bond donors (Lipinski definition) is 1. The van der Waals surface area contributed by atoms with E-state index < -0.39 is 6.10 Å². The minimum absolute atomic E-state index is 0.0184. The first-order valence-electron chi connectivity index (χ1n) is 7.97. The molecule has 3 rings (SSSR count). The van der Waals surface area contributed by atoms with Gasteiger partial charge in [-0.05, 0) is 49.9 Å². The van der Waals surface area contributed by atoms with Crippen LogP contribution in [0.25, 0.3) is 0 Å². The zero-order valence-corrected chi connectivity index (χ0v) is 13.5. The fourth-order valence-electron chi connectivity index (χ4n) is 3.32. The van der Waals surface area contributed by atoms with E-state index in [4.69, 9.17) is 4.74 Å². The zero-order valence-electron chi connectivity index (χ0n) is 13.5. The van der Waals surface area contributed by atoms with Crippen LogP contribution in [0.3, 0.4) is 0 Å². The third-order valence-corrected chi connectivity index (χ3v) is 4.31. The van der Waals surface area contributed by atoms with Crippen molar-refractivity contribution in [2.45, 2.75) is 38.8 Å². The van der Waals surface area contributed by atoms with Crippen LogP contribution in [-0.4, -0.2) is 58.7 Å². The van der Waals surface area contributed by atoms with Gasteiger partial charge in [-0.2, -0.15) is 0 Å². The SMILES string of the molecule is Cc1cc(C)cc(OCC(O)CN2C(=O)C3CCCN3C2=O)c1. The second-order valence-corrected chi connectivity index (χ2v) is 6.37. The van der Waals surface area contributed by atoms with E-state index in [-0.39, 0.29) is 31.1 Å². The number of benzene rings is 1. The lowest BCUT2D eigenvalue weighted by molar-refractivity contribution is -0.129. The molecule has 3 amide bonds. The Bertz CT molecular complexity index is 589. The molecule has 124 valence electrons. The minimum Gasteiger partial charge on any atom is -0.491 e. The molecule has 0 saturated carbocycles. The van der Waals surface area contributed by atoms with Crippen molar-refractivity contribution in [2.75, 3.05) is 19.7 Å². The quantitative estimate of drug-likeness (QED) is 0.835. The number of fused-ring (bicyclic) bond motifs is 1. The monoisotopic (exact) mass is 318 g/mol. The number of rotatable bonds is 5. The van der Waals surface area contributed by atoms with Gasteiger partial charge in [-0.1, -0.05) is 6.07 Å². The highest BCUT2D eigenvalue weighted by atomic mass is 16.5. The van der Waals surface area contributed by atoms with Crippen LogP contribution in [0.4, 0.5) is 4.79 Å². The van der Waals surface area contributed by atoms with Gasteiger partial charge < -0.3 is 14.7 Å². The van der Waals surface area contributed by atoms with Gasteiger partial charge in [0.05, 0.1) is 6.54 Å². The molecule has 0 radical (unpaired) electrons. The lowest BCUT2D eigenvalue weighted by atomic mass is 10.1. The van der Waals surface area contributed by atoms with Gasteiger partial charge in [0, 0.05) is 6.54 Å². The van der Waals surface area contributed by atoms with Crippen LogP contribution in [0.2, 0.25) is 0 Å². The van der Waals surface area contributed by atoms with Crippen molar-refractivity contribution in [3.63, 3.8) is 0 Å². The summed E-state index contributed by atoms with van der Waals surface area (Å²) in [6.45, 7) is 4.61. The van der Waals surface area contributed by atoms with Gasteiger partial charge in [0.15, 0.2) is 0 Å². The first kappa shape index (κ1) is 15.8. The molecular weight excluding hydrogens is 296 g/mol. The summed E-state index contributed by atoms with van der Waals surface area (Å²) < 4.78 is 5.59. The Kier molecular flexibility index (Phi) is 4.26. The van der Waals surface area contributed by atoms with Crippen molar-refractivity contribution in [2.24, 2.45) is 0 Å². The molecule has 23 heavy (non-hydrogen) atoms. The number of β-amino-alcohol motifs (C(OH)–C–C–N with tert-alkyl or cyclic N) is 1. The van der Waals surface area contributed by atoms with Gasteiger partial charge in [-0.3, -0.25) is 9.69 Å². The number of aliphatic hydroxyl groups excluding tert-OH is 1. The number of ether oxygens (including phenoxy) is 1. The lowest BCUT2D eigenvalue weighted by Crippen LogP contribution is -2.41. The highest BCUT2D eigenvalue weighted by Crippen LogP contribution is 2.27. The average molecular weight is 318 g/mol. The molecule has 2 aliphatic heterocycles. The number of nitrogens with zero attached hydrogens (tertiary/aromatic N) is 2. The second kappa shape index (κ2) is 6.20. The molecular formula is C17H22N2O4. The molecule has 2 atom stereocenters. The van der Waals surface area contributed by atoms with Gasteiger partial charge in [-0.25, -0.2) is 4.79 Å². The van der Waals surface area contributed by atoms with Gasteiger partial charge in [0.2, 0.25) is 0 Å². The Morgan fingerprint density at radius 2 is 1.96 bits per heavy atom. The molecule has 0 aromatic heterocycles. The van der Waals surface area contributed by atoms with E-state index in [2.05, 4.69) is 0 Å². The molecule has 1 N–H and O–H groups in total. The summed E-state index contributed by atoms with van der Waals surface area (Å²) in [5.41, 5.74) is 2.17. The lowest BCUT2D eigenvalue weighted by Gasteiger charge is -2.19. The maximum Gasteiger partial charge on any atom is 0.327 e. The Balaban J connectivity index is 1.56. The largest absolute Gasteiger partial charge is 0.491 e. The molecule has 6 heteroatoms. The maximum atomic E-state index is 12.2. The Labute approximate surface area is 135 Å². The Morgan fingerprint density at radius 1 is 1.26 bits per heavy atom. The third-order valence-electron chi connectivity index (χ3n) is 4.31. The predicted octanol–water partition coefficient (Wildman–Crippen LogP) is 1.47. The standard InChI is InChI=1S/C17H22N2O4/c1-11-6-12(2)8-14(7-11)23-10-13(20)9-19-16(21)15-4-3-5-18(15)17(19)22/h6-8,13,15,20H,3-5,9-10H2,1-2H3. The maximum absolute atomic E-state index is 12.2. The van der Waals surface area contributed by atoms with Crippen molar-refractivity contribution in [3.05, 3.63) is 29.3 Å².